The molecule has 0 saturated carbocycles. The van der Waals surface area contributed by atoms with Crippen LogP contribution in [0.3, 0.4) is 0 Å². The summed E-state index contributed by atoms with van der Waals surface area (Å²) in [7, 11) is 0. The number of nitrogens with zero attached hydrogens (tertiary/aromatic N) is 2. The van der Waals surface area contributed by atoms with Gasteiger partial charge in [-0.05, 0) is 36.1 Å². The lowest BCUT2D eigenvalue weighted by Crippen LogP contribution is -2.40. The zero-order valence-electron chi connectivity index (χ0n) is 11.7. The monoisotopic (exact) mass is 326 g/mol. The minimum absolute atomic E-state index is 0.0595. The predicted octanol–water partition coefficient (Wildman–Crippen LogP) is 2.21. The average molecular weight is 327 g/mol. The van der Waals surface area contributed by atoms with Crippen molar-refractivity contribution >= 4 is 29.5 Å². The molecule has 1 unspecified atom stereocenters. The number of carbonyl (C=O) groups is 2. The minimum atomic E-state index is -1.09. The topological polar surface area (TPSA) is 90.3 Å². The van der Waals surface area contributed by atoms with Crippen molar-refractivity contribution in [1.82, 2.24) is 4.90 Å². The lowest BCUT2D eigenvalue weighted by atomic mass is 10.0. The van der Waals surface area contributed by atoms with Gasteiger partial charge in [0.2, 0.25) is 0 Å². The van der Waals surface area contributed by atoms with Crippen LogP contribution in [-0.4, -0.2) is 52.5 Å². The highest BCUT2D eigenvalue weighted by Crippen LogP contribution is 2.38. The average Bonchev–Trinajstić information content (AvgIpc) is 2.66. The summed E-state index contributed by atoms with van der Waals surface area (Å²) in [4.78, 5) is 25.0. The summed E-state index contributed by atoms with van der Waals surface area (Å²) in [6, 6.07) is 3.55. The van der Waals surface area contributed by atoms with Crippen LogP contribution in [0, 0.1) is 0 Å². The molecule has 0 radical (unpaired) electrons. The molecule has 22 heavy (non-hydrogen) atoms. The fourth-order valence-electron chi connectivity index (χ4n) is 2.84. The smallest absolute Gasteiger partial charge is 0.412 e. The third-order valence-corrected chi connectivity index (χ3v) is 4.18. The van der Waals surface area contributed by atoms with Crippen molar-refractivity contribution in [3.05, 3.63) is 23.3 Å². The lowest BCUT2D eigenvalue weighted by molar-refractivity contribution is 0.147. The zero-order chi connectivity index (χ0) is 15.9. The van der Waals surface area contributed by atoms with Gasteiger partial charge in [-0.3, -0.25) is 4.90 Å². The number of ether oxygens (including phenoxy) is 1. The Kier molecular flexibility index (Phi) is 3.74. The van der Waals surface area contributed by atoms with E-state index in [4.69, 9.17) is 21.4 Å². The Balaban J connectivity index is 1.97. The molecular formula is C14H15ClN2O5. The largest absolute Gasteiger partial charge is 0.471 e. The molecule has 0 spiro atoms. The van der Waals surface area contributed by atoms with Crippen molar-refractivity contribution in [3.63, 3.8) is 0 Å². The summed E-state index contributed by atoms with van der Waals surface area (Å²) in [6.45, 7) is 0.866. The van der Waals surface area contributed by atoms with Gasteiger partial charge in [0.15, 0.2) is 5.56 Å². The van der Waals surface area contributed by atoms with Crippen LogP contribution in [0.15, 0.2) is 12.1 Å². The van der Waals surface area contributed by atoms with Crippen LogP contribution in [-0.2, 0) is 12.8 Å². The quantitative estimate of drug-likeness (QED) is 0.713. The van der Waals surface area contributed by atoms with Gasteiger partial charge in [0.05, 0.1) is 12.2 Å². The van der Waals surface area contributed by atoms with Crippen molar-refractivity contribution in [2.24, 2.45) is 0 Å². The molecule has 0 fully saturated rings. The first-order chi connectivity index (χ1) is 10.5. The summed E-state index contributed by atoms with van der Waals surface area (Å²) < 4.78 is 5.52. The molecule has 0 aromatic heterocycles. The van der Waals surface area contributed by atoms with E-state index in [-0.39, 0.29) is 6.54 Å². The van der Waals surface area contributed by atoms with E-state index in [1.54, 1.807) is 12.1 Å². The van der Waals surface area contributed by atoms with Gasteiger partial charge in [-0.15, -0.1) is 0 Å². The van der Waals surface area contributed by atoms with Crippen molar-refractivity contribution < 1.29 is 24.5 Å². The van der Waals surface area contributed by atoms with Gasteiger partial charge in [-0.1, -0.05) is 11.6 Å². The van der Waals surface area contributed by atoms with Crippen molar-refractivity contribution in [3.8, 4) is 5.75 Å². The van der Waals surface area contributed by atoms with E-state index in [0.717, 1.165) is 16.0 Å². The number of benzene rings is 1. The van der Waals surface area contributed by atoms with E-state index in [1.807, 2.05) is 0 Å². The summed E-state index contributed by atoms with van der Waals surface area (Å²) in [5, 5.41) is 18.4. The molecule has 0 bridgehead atoms. The number of carboxylic acid groups (broad SMARTS) is 2. The van der Waals surface area contributed by atoms with Crippen LogP contribution in [0.1, 0.15) is 11.1 Å². The second kappa shape index (κ2) is 5.57. The Bertz CT molecular complexity index is 636. The molecule has 2 amide bonds. The van der Waals surface area contributed by atoms with Crippen LogP contribution < -0.4 is 9.64 Å². The number of hydrogen-bond acceptors (Lipinski definition) is 3. The number of amides is 2. The van der Waals surface area contributed by atoms with E-state index in [9.17, 15) is 14.7 Å². The minimum Gasteiger partial charge on any atom is -0.471 e. The number of anilines is 1. The van der Waals surface area contributed by atoms with Crippen LogP contribution >= 0.6 is 11.6 Å². The van der Waals surface area contributed by atoms with Crippen LogP contribution in [0.2, 0.25) is 0 Å². The summed E-state index contributed by atoms with van der Waals surface area (Å²) in [6.07, 6.45) is -0.914. The number of alkyl halides is 1. The Hall–Kier alpha value is -2.15. The van der Waals surface area contributed by atoms with Crippen molar-refractivity contribution in [2.75, 3.05) is 24.5 Å². The lowest BCUT2D eigenvalue weighted by Gasteiger charge is -2.31. The van der Waals surface area contributed by atoms with Gasteiger partial charge in [-0.25, -0.2) is 9.59 Å². The highest BCUT2D eigenvalue weighted by Gasteiger charge is 2.30. The van der Waals surface area contributed by atoms with Crippen LogP contribution in [0.25, 0.3) is 0 Å². The molecule has 8 heteroatoms. The highest BCUT2D eigenvalue weighted by molar-refractivity contribution is 6.20. The van der Waals surface area contributed by atoms with E-state index in [0.29, 0.717) is 37.4 Å². The van der Waals surface area contributed by atoms with E-state index < -0.39 is 17.7 Å². The molecule has 1 aromatic carbocycles. The molecule has 2 aliphatic rings. The van der Waals surface area contributed by atoms with Crippen LogP contribution in [0.5, 0.6) is 5.75 Å². The Morgan fingerprint density at radius 1 is 1.14 bits per heavy atom. The summed E-state index contributed by atoms with van der Waals surface area (Å²) in [5.74, 6) is 0.427. The van der Waals surface area contributed by atoms with E-state index >= 15 is 0 Å². The summed E-state index contributed by atoms with van der Waals surface area (Å²) in [5.41, 5.74) is 1.65. The third kappa shape index (κ3) is 2.64. The number of rotatable bonds is 0. The highest BCUT2D eigenvalue weighted by atomic mass is 35.5. The second-order valence-corrected chi connectivity index (χ2v) is 5.77. The third-order valence-electron chi connectivity index (χ3n) is 3.96. The standard InChI is InChI=1S/C14H15ClN2O5/c15-12-7-17(14(20)21)10-5-8-1-3-16(13(18)19)4-2-9(8)6-11(10)22-12/h5-6,12H,1-4,7H2,(H,18,19)(H,20,21). The van der Waals surface area contributed by atoms with Gasteiger partial charge in [0, 0.05) is 13.1 Å². The van der Waals surface area contributed by atoms with Crippen molar-refractivity contribution in [2.45, 2.75) is 18.4 Å². The first kappa shape index (κ1) is 14.8. The molecule has 2 heterocycles. The molecule has 1 aromatic rings. The molecule has 3 rings (SSSR count). The molecule has 1 atom stereocenters. The predicted molar refractivity (Wildman–Crippen MR) is 79.1 cm³/mol. The fourth-order valence-corrected chi connectivity index (χ4v) is 3.07. The number of halogens is 1. The molecular weight excluding hydrogens is 312 g/mol. The molecule has 0 saturated heterocycles. The Morgan fingerprint density at radius 3 is 2.36 bits per heavy atom. The van der Waals surface area contributed by atoms with Gasteiger partial charge in [-0.2, -0.15) is 0 Å². The van der Waals surface area contributed by atoms with E-state index in [1.165, 1.54) is 4.90 Å². The molecule has 0 aliphatic carbocycles. The zero-order valence-corrected chi connectivity index (χ0v) is 12.4. The van der Waals surface area contributed by atoms with Gasteiger partial charge in [0.25, 0.3) is 0 Å². The van der Waals surface area contributed by atoms with Crippen molar-refractivity contribution in [1.29, 1.82) is 0 Å². The molecule has 118 valence electrons. The van der Waals surface area contributed by atoms with Gasteiger partial charge >= 0.3 is 12.2 Å². The maximum atomic E-state index is 11.4. The second-order valence-electron chi connectivity index (χ2n) is 5.28. The summed E-state index contributed by atoms with van der Waals surface area (Å²) >= 11 is 5.95. The molecule has 2 aliphatic heterocycles. The van der Waals surface area contributed by atoms with Gasteiger partial charge < -0.3 is 19.8 Å². The fraction of sp³-hybridized carbons (Fsp3) is 0.429. The van der Waals surface area contributed by atoms with Crippen LogP contribution in [0.4, 0.5) is 15.3 Å². The molecule has 2 N–H and O–H groups in total. The Labute approximate surface area is 131 Å². The number of fused-ring (bicyclic) bond motifs is 2. The SMILES string of the molecule is O=C(O)N1CCc2cc3c(cc2CC1)N(C(=O)O)CC(Cl)O3. The Morgan fingerprint density at radius 2 is 1.77 bits per heavy atom. The van der Waals surface area contributed by atoms with E-state index in [2.05, 4.69) is 0 Å². The normalized spacial score (nSPS) is 20.5. The maximum absolute atomic E-state index is 11.4. The molecule has 7 nitrogen and oxygen atoms in total. The van der Waals surface area contributed by atoms with Gasteiger partial charge in [0.1, 0.15) is 5.75 Å². The number of hydrogen-bond donors (Lipinski definition) is 2. The first-order valence-corrected chi connectivity index (χ1v) is 7.34. The maximum Gasteiger partial charge on any atom is 0.412 e. The first-order valence-electron chi connectivity index (χ1n) is 6.90.